The minimum atomic E-state index is -0.954. The Morgan fingerprint density at radius 3 is 1.58 bits per heavy atom. The van der Waals surface area contributed by atoms with Crippen LogP contribution in [0.5, 0.6) is 0 Å². The van der Waals surface area contributed by atoms with Gasteiger partial charge in [0, 0.05) is 6.42 Å². The second-order valence-electron chi connectivity index (χ2n) is 6.88. The largest absolute Gasteiger partial charge is 0.466 e. The summed E-state index contributed by atoms with van der Waals surface area (Å²) in [6, 6.07) is 0. The van der Waals surface area contributed by atoms with E-state index in [9.17, 15) is 4.79 Å². The molecule has 0 bridgehead atoms. The van der Waals surface area contributed by atoms with Crippen LogP contribution in [0.3, 0.4) is 0 Å². The molecule has 0 aliphatic rings. The van der Waals surface area contributed by atoms with Gasteiger partial charge >= 0.3 is 5.97 Å². The van der Waals surface area contributed by atoms with Gasteiger partial charge in [-0.15, -0.1) is 0 Å². The molecule has 0 fully saturated rings. The molecule has 0 saturated heterocycles. The number of aliphatic hydroxyl groups excluding tert-OH is 3. The fourth-order valence-corrected chi connectivity index (χ4v) is 2.42. The van der Waals surface area contributed by atoms with Crippen LogP contribution in [0.4, 0.5) is 0 Å². The van der Waals surface area contributed by atoms with Crippen LogP contribution in [-0.2, 0) is 9.53 Å². The van der Waals surface area contributed by atoms with Gasteiger partial charge in [-0.2, -0.15) is 0 Å². The maximum absolute atomic E-state index is 11.5. The average Bonchev–Trinajstić information content (AvgIpc) is 2.66. The van der Waals surface area contributed by atoms with Gasteiger partial charge < -0.3 is 20.1 Å². The van der Waals surface area contributed by atoms with Crippen LogP contribution in [0.25, 0.3) is 0 Å². The Hall–Kier alpha value is -0.650. The molecule has 0 rings (SSSR count). The lowest BCUT2D eigenvalue weighted by atomic mass is 10.1. The van der Waals surface area contributed by atoms with Crippen LogP contribution in [0.2, 0.25) is 0 Å². The zero-order valence-electron chi connectivity index (χ0n) is 17.3. The normalized spacial score (nSPS) is 10.5. The van der Waals surface area contributed by atoms with Gasteiger partial charge in [0.2, 0.25) is 0 Å². The summed E-state index contributed by atoms with van der Waals surface area (Å²) in [7, 11) is 0. The number of hydrogen-bond acceptors (Lipinski definition) is 5. The van der Waals surface area contributed by atoms with Crippen molar-refractivity contribution >= 4 is 5.97 Å². The smallest absolute Gasteiger partial charge is 0.305 e. The number of carbonyl (C=O) groups is 1. The number of carbonyl (C=O) groups excluding carboxylic acids is 1. The number of aliphatic hydroxyl groups is 3. The maximum Gasteiger partial charge on any atom is 0.305 e. The van der Waals surface area contributed by atoms with E-state index in [1.807, 2.05) is 0 Å². The molecule has 0 spiro atoms. The molecule has 3 N–H and O–H groups in total. The highest BCUT2D eigenvalue weighted by molar-refractivity contribution is 5.69. The third-order valence-electron chi connectivity index (χ3n) is 4.17. The highest BCUT2D eigenvalue weighted by Crippen LogP contribution is 2.09. The first-order valence-electron chi connectivity index (χ1n) is 10.7. The van der Waals surface area contributed by atoms with Crippen molar-refractivity contribution in [2.24, 2.45) is 0 Å². The Bertz CT molecular complexity index is 247. The van der Waals surface area contributed by atoms with Crippen molar-refractivity contribution in [3.05, 3.63) is 0 Å². The Morgan fingerprint density at radius 1 is 0.731 bits per heavy atom. The second-order valence-corrected chi connectivity index (χ2v) is 6.88. The fourth-order valence-electron chi connectivity index (χ4n) is 2.42. The molecule has 0 aromatic heterocycles. The topological polar surface area (TPSA) is 87.0 Å². The summed E-state index contributed by atoms with van der Waals surface area (Å²) in [5.74, 6) is 0.00659. The molecule has 0 unspecified atom stereocenters. The van der Waals surface area contributed by atoms with E-state index >= 15 is 0 Å². The van der Waals surface area contributed by atoms with Gasteiger partial charge in [0.05, 0.1) is 19.8 Å². The zero-order valence-corrected chi connectivity index (χ0v) is 17.3. The van der Waals surface area contributed by atoms with E-state index in [4.69, 9.17) is 20.1 Å². The Balaban J connectivity index is 0. The number of hydrogen-bond donors (Lipinski definition) is 3. The van der Waals surface area contributed by atoms with Gasteiger partial charge in [0.25, 0.3) is 0 Å². The summed E-state index contributed by atoms with van der Waals surface area (Å²) in [6.45, 7) is 4.36. The highest BCUT2D eigenvalue weighted by atomic mass is 16.5. The van der Waals surface area contributed by atoms with Crippen molar-refractivity contribution < 1.29 is 24.9 Å². The first-order valence-corrected chi connectivity index (χ1v) is 10.7. The lowest BCUT2D eigenvalue weighted by Gasteiger charge is -2.05. The SMILES string of the molecule is CCCCCCCCCC(=O)OCCCCCCCC.OCC(O)CO. The molecule has 0 aliphatic carbocycles. The van der Waals surface area contributed by atoms with Crippen LogP contribution in [0, 0.1) is 0 Å². The third kappa shape index (κ3) is 25.6. The molecule has 0 atom stereocenters. The van der Waals surface area contributed by atoms with Gasteiger partial charge in [-0.25, -0.2) is 0 Å². The van der Waals surface area contributed by atoms with Crippen LogP contribution in [-0.4, -0.2) is 47.2 Å². The maximum atomic E-state index is 11.5. The molecule has 5 heteroatoms. The van der Waals surface area contributed by atoms with E-state index in [-0.39, 0.29) is 19.2 Å². The van der Waals surface area contributed by atoms with Gasteiger partial charge in [-0.1, -0.05) is 84.5 Å². The minimum absolute atomic E-state index is 0.00659. The number of rotatable bonds is 17. The van der Waals surface area contributed by atoms with Crippen molar-refractivity contribution in [2.75, 3.05) is 19.8 Å². The molecule has 5 nitrogen and oxygen atoms in total. The first kappa shape index (κ1) is 27.6. The third-order valence-corrected chi connectivity index (χ3v) is 4.17. The Kier molecular flexibility index (Phi) is 25.8. The van der Waals surface area contributed by atoms with E-state index < -0.39 is 6.10 Å². The molecule has 0 aromatic rings. The number of ether oxygens (including phenoxy) is 1. The van der Waals surface area contributed by atoms with Crippen molar-refractivity contribution in [1.29, 1.82) is 0 Å². The van der Waals surface area contributed by atoms with E-state index in [0.29, 0.717) is 13.0 Å². The number of unbranched alkanes of at least 4 members (excludes halogenated alkanes) is 11. The molecule has 26 heavy (non-hydrogen) atoms. The second kappa shape index (κ2) is 24.4. The van der Waals surface area contributed by atoms with E-state index in [1.54, 1.807) is 0 Å². The monoisotopic (exact) mass is 376 g/mol. The molecule has 0 radical (unpaired) electrons. The molecule has 0 aliphatic heterocycles. The van der Waals surface area contributed by atoms with Crippen LogP contribution in [0.1, 0.15) is 104 Å². The molecule has 158 valence electrons. The van der Waals surface area contributed by atoms with Crippen molar-refractivity contribution in [1.82, 2.24) is 0 Å². The molecule has 0 amide bonds. The average molecular weight is 377 g/mol. The summed E-state index contributed by atoms with van der Waals surface area (Å²) in [4.78, 5) is 11.5. The summed E-state index contributed by atoms with van der Waals surface area (Å²) < 4.78 is 5.25. The Morgan fingerprint density at radius 2 is 1.15 bits per heavy atom. The van der Waals surface area contributed by atoms with E-state index in [2.05, 4.69) is 13.8 Å². The molecular formula is C21H44O5. The van der Waals surface area contributed by atoms with Crippen LogP contribution < -0.4 is 0 Å². The molecular weight excluding hydrogens is 332 g/mol. The van der Waals surface area contributed by atoms with Gasteiger partial charge in [-0.3, -0.25) is 4.79 Å². The molecule has 0 saturated carbocycles. The Labute approximate surface area is 161 Å². The number of esters is 1. The van der Waals surface area contributed by atoms with Gasteiger partial charge in [0.1, 0.15) is 6.10 Å². The quantitative estimate of drug-likeness (QED) is 0.259. The van der Waals surface area contributed by atoms with Crippen molar-refractivity contribution in [3.63, 3.8) is 0 Å². The lowest BCUT2D eigenvalue weighted by Crippen LogP contribution is -2.15. The van der Waals surface area contributed by atoms with Crippen molar-refractivity contribution in [3.8, 4) is 0 Å². The minimum Gasteiger partial charge on any atom is -0.466 e. The fraction of sp³-hybridized carbons (Fsp3) is 0.952. The van der Waals surface area contributed by atoms with Crippen molar-refractivity contribution in [2.45, 2.75) is 110 Å². The lowest BCUT2D eigenvalue weighted by molar-refractivity contribution is -0.143. The zero-order chi connectivity index (χ0) is 19.9. The predicted molar refractivity (Wildman–Crippen MR) is 107 cm³/mol. The van der Waals surface area contributed by atoms with Gasteiger partial charge in [0.15, 0.2) is 0 Å². The molecule has 0 heterocycles. The summed E-state index contributed by atoms with van der Waals surface area (Å²) in [5, 5.41) is 24.0. The summed E-state index contributed by atoms with van der Waals surface area (Å²) in [6.07, 6.45) is 15.9. The van der Waals surface area contributed by atoms with Crippen LogP contribution >= 0.6 is 0 Å². The highest BCUT2D eigenvalue weighted by Gasteiger charge is 2.02. The predicted octanol–water partition coefficient (Wildman–Crippen LogP) is 4.36. The summed E-state index contributed by atoms with van der Waals surface area (Å²) in [5.41, 5.74) is 0. The first-order chi connectivity index (χ1) is 12.6. The van der Waals surface area contributed by atoms with E-state index in [0.717, 1.165) is 12.8 Å². The van der Waals surface area contributed by atoms with Crippen LogP contribution in [0.15, 0.2) is 0 Å². The van der Waals surface area contributed by atoms with E-state index in [1.165, 1.54) is 70.6 Å². The standard InChI is InChI=1S/C18H36O2.C3H8O3/c1-3-5-7-9-11-12-14-16-18(19)20-17-15-13-10-8-6-4-2;4-1-3(6)2-5/h3-17H2,1-2H3;3-6H,1-2H2. The molecule has 0 aromatic carbocycles. The summed E-state index contributed by atoms with van der Waals surface area (Å²) >= 11 is 0. The van der Waals surface area contributed by atoms with Gasteiger partial charge in [-0.05, 0) is 12.8 Å².